The lowest BCUT2D eigenvalue weighted by molar-refractivity contribution is -0.141. The summed E-state index contributed by atoms with van der Waals surface area (Å²) in [5, 5.41) is 3.10. The van der Waals surface area contributed by atoms with Crippen LogP contribution in [-0.2, 0) is 11.0 Å². The standard InChI is InChI=1S/C23H24F3N5O4/c1-11(27)20-19(22(33)31-9-8-13(10-31)28-12(2)32)30-21(35-20)15-4-6-16(34-3)18-14(15)5-7-17(29-18)23(24,25)26/h4-7,11,13H,8-10,27H2,1-3H3,(H,28,32)/t11?,13-/m1/s1. The minimum atomic E-state index is -4.63. The quantitative estimate of drug-likeness (QED) is 0.561. The second kappa shape index (κ2) is 9.17. The van der Waals surface area contributed by atoms with Crippen LogP contribution in [0.3, 0.4) is 0 Å². The smallest absolute Gasteiger partial charge is 0.433 e. The van der Waals surface area contributed by atoms with Gasteiger partial charge in [0.1, 0.15) is 17.0 Å². The average Bonchev–Trinajstić information content (AvgIpc) is 3.44. The molecule has 1 aromatic carbocycles. The third-order valence-electron chi connectivity index (χ3n) is 5.71. The molecule has 3 heterocycles. The Kier molecular flexibility index (Phi) is 6.41. The van der Waals surface area contributed by atoms with Gasteiger partial charge in [-0.15, -0.1) is 0 Å². The van der Waals surface area contributed by atoms with E-state index in [-0.39, 0.29) is 40.6 Å². The number of hydrogen-bond acceptors (Lipinski definition) is 7. The maximum absolute atomic E-state index is 13.2. The van der Waals surface area contributed by atoms with Crippen LogP contribution in [0.15, 0.2) is 28.7 Å². The van der Waals surface area contributed by atoms with E-state index in [1.54, 1.807) is 17.9 Å². The summed E-state index contributed by atoms with van der Waals surface area (Å²) in [5.74, 6) is -0.274. The maximum Gasteiger partial charge on any atom is 0.433 e. The van der Waals surface area contributed by atoms with Gasteiger partial charge < -0.3 is 25.1 Å². The Labute approximate surface area is 198 Å². The molecule has 2 atom stereocenters. The predicted molar refractivity (Wildman–Crippen MR) is 120 cm³/mol. The zero-order valence-electron chi connectivity index (χ0n) is 19.3. The summed E-state index contributed by atoms with van der Waals surface area (Å²) in [7, 11) is 1.33. The number of pyridine rings is 1. The number of halogens is 3. The number of benzene rings is 1. The maximum atomic E-state index is 13.2. The van der Waals surface area contributed by atoms with Crippen LogP contribution in [0.2, 0.25) is 0 Å². The second-order valence-corrected chi connectivity index (χ2v) is 8.36. The zero-order valence-corrected chi connectivity index (χ0v) is 19.3. The first-order valence-corrected chi connectivity index (χ1v) is 10.9. The number of ether oxygens (including phenoxy) is 1. The Balaban J connectivity index is 1.76. The van der Waals surface area contributed by atoms with Crippen molar-refractivity contribution in [3.8, 4) is 17.2 Å². The lowest BCUT2D eigenvalue weighted by atomic mass is 10.1. The fourth-order valence-electron chi connectivity index (χ4n) is 4.11. The zero-order chi connectivity index (χ0) is 25.5. The number of hydrogen-bond donors (Lipinski definition) is 2. The number of likely N-dealkylation sites (tertiary alicyclic amines) is 1. The largest absolute Gasteiger partial charge is 0.494 e. The highest BCUT2D eigenvalue weighted by atomic mass is 19.4. The highest BCUT2D eigenvalue weighted by Gasteiger charge is 2.34. The van der Waals surface area contributed by atoms with Crippen molar-refractivity contribution in [2.45, 2.75) is 38.5 Å². The lowest BCUT2D eigenvalue weighted by Crippen LogP contribution is -2.37. The van der Waals surface area contributed by atoms with E-state index in [0.717, 1.165) is 6.07 Å². The third kappa shape index (κ3) is 4.78. The van der Waals surface area contributed by atoms with Gasteiger partial charge in [0.2, 0.25) is 11.8 Å². The van der Waals surface area contributed by atoms with E-state index in [1.807, 2.05) is 0 Å². The molecule has 0 spiro atoms. The molecule has 1 fully saturated rings. The molecule has 4 rings (SSSR count). The Bertz CT molecular complexity index is 1290. The van der Waals surface area contributed by atoms with Crippen LogP contribution in [0.25, 0.3) is 22.4 Å². The van der Waals surface area contributed by atoms with Crippen LogP contribution in [0.4, 0.5) is 13.2 Å². The summed E-state index contributed by atoms with van der Waals surface area (Å²) < 4.78 is 50.8. The Morgan fingerprint density at radius 3 is 2.63 bits per heavy atom. The normalized spacial score (nSPS) is 17.0. The number of amides is 2. The Hall–Kier alpha value is -3.67. The first kappa shape index (κ1) is 24.5. The average molecular weight is 491 g/mol. The fourth-order valence-corrected chi connectivity index (χ4v) is 4.11. The van der Waals surface area contributed by atoms with Gasteiger partial charge in [0.05, 0.1) is 13.2 Å². The number of carbonyl (C=O) groups is 2. The van der Waals surface area contributed by atoms with Crippen LogP contribution in [-0.4, -0.2) is 52.9 Å². The van der Waals surface area contributed by atoms with Crippen molar-refractivity contribution in [3.05, 3.63) is 41.4 Å². The molecule has 2 aromatic heterocycles. The monoisotopic (exact) mass is 491 g/mol. The van der Waals surface area contributed by atoms with Crippen molar-refractivity contribution in [3.63, 3.8) is 0 Å². The summed E-state index contributed by atoms with van der Waals surface area (Å²) >= 11 is 0. The van der Waals surface area contributed by atoms with Crippen molar-refractivity contribution in [2.75, 3.05) is 20.2 Å². The number of nitrogens with zero attached hydrogens (tertiary/aromatic N) is 3. The molecule has 186 valence electrons. The molecule has 3 aromatic rings. The molecule has 2 amide bonds. The molecule has 1 aliphatic heterocycles. The van der Waals surface area contributed by atoms with Crippen molar-refractivity contribution in [2.24, 2.45) is 5.73 Å². The summed E-state index contributed by atoms with van der Waals surface area (Å²) in [6, 6.07) is 4.31. The SMILES string of the molecule is COc1ccc(-c2nc(C(=O)N3CC[C@@H](NC(C)=O)C3)c(C(C)N)o2)c2ccc(C(F)(F)F)nc12. The topological polar surface area (TPSA) is 124 Å². The van der Waals surface area contributed by atoms with Crippen molar-refractivity contribution in [1.82, 2.24) is 20.2 Å². The summed E-state index contributed by atoms with van der Waals surface area (Å²) in [5.41, 5.74) is 5.30. The molecule has 1 saturated heterocycles. The summed E-state index contributed by atoms with van der Waals surface area (Å²) in [4.78, 5) is 34.3. The van der Waals surface area contributed by atoms with Crippen LogP contribution in [0, 0.1) is 0 Å². The van der Waals surface area contributed by atoms with E-state index < -0.39 is 23.8 Å². The van der Waals surface area contributed by atoms with Gasteiger partial charge in [-0.25, -0.2) is 9.97 Å². The van der Waals surface area contributed by atoms with Gasteiger partial charge >= 0.3 is 6.18 Å². The number of carbonyl (C=O) groups excluding carboxylic acids is 2. The molecule has 9 nitrogen and oxygen atoms in total. The van der Waals surface area contributed by atoms with Gasteiger partial charge in [-0.3, -0.25) is 9.59 Å². The molecule has 0 radical (unpaired) electrons. The molecule has 0 saturated carbocycles. The molecule has 1 unspecified atom stereocenters. The number of alkyl halides is 3. The van der Waals surface area contributed by atoms with E-state index in [2.05, 4.69) is 15.3 Å². The number of nitrogens with two attached hydrogens (primary N) is 1. The summed E-state index contributed by atoms with van der Waals surface area (Å²) in [6.07, 6.45) is -4.04. The van der Waals surface area contributed by atoms with Crippen LogP contribution in [0.1, 0.15) is 48.3 Å². The van der Waals surface area contributed by atoms with Crippen LogP contribution >= 0.6 is 0 Å². The van der Waals surface area contributed by atoms with E-state index in [0.29, 0.717) is 30.5 Å². The van der Waals surface area contributed by atoms with Gasteiger partial charge in [-0.1, -0.05) is 0 Å². The number of oxazole rings is 1. The van der Waals surface area contributed by atoms with E-state index in [1.165, 1.54) is 26.2 Å². The minimum absolute atomic E-state index is 0.0160. The van der Waals surface area contributed by atoms with Gasteiger partial charge in [-0.2, -0.15) is 13.2 Å². The number of rotatable bonds is 5. The van der Waals surface area contributed by atoms with Crippen LogP contribution in [0.5, 0.6) is 5.75 Å². The van der Waals surface area contributed by atoms with E-state index in [4.69, 9.17) is 14.9 Å². The molecule has 0 aliphatic carbocycles. The second-order valence-electron chi connectivity index (χ2n) is 8.36. The van der Waals surface area contributed by atoms with Crippen molar-refractivity contribution >= 4 is 22.7 Å². The van der Waals surface area contributed by atoms with Gasteiger partial charge in [-0.05, 0) is 37.6 Å². The summed E-state index contributed by atoms with van der Waals surface area (Å²) in [6.45, 7) is 3.78. The molecule has 12 heteroatoms. The minimum Gasteiger partial charge on any atom is -0.494 e. The number of fused-ring (bicyclic) bond motifs is 1. The first-order chi connectivity index (χ1) is 16.5. The van der Waals surface area contributed by atoms with Crippen LogP contribution < -0.4 is 15.8 Å². The fraction of sp³-hybridized carbons (Fsp3) is 0.391. The van der Waals surface area contributed by atoms with Gasteiger partial charge in [0, 0.05) is 37.0 Å². The lowest BCUT2D eigenvalue weighted by Gasteiger charge is -2.16. The molecule has 3 N–H and O–H groups in total. The Morgan fingerprint density at radius 1 is 1.26 bits per heavy atom. The first-order valence-electron chi connectivity index (χ1n) is 10.9. The molecule has 1 aliphatic rings. The number of methoxy groups -OCH3 is 1. The van der Waals surface area contributed by atoms with Crippen molar-refractivity contribution in [1.29, 1.82) is 0 Å². The van der Waals surface area contributed by atoms with Gasteiger partial charge in [0.15, 0.2) is 11.5 Å². The molecular formula is C23H24F3N5O4. The predicted octanol–water partition coefficient (Wildman–Crippen LogP) is 3.29. The highest BCUT2D eigenvalue weighted by Crippen LogP contribution is 2.37. The molecule has 0 bridgehead atoms. The van der Waals surface area contributed by atoms with E-state index in [9.17, 15) is 22.8 Å². The van der Waals surface area contributed by atoms with Gasteiger partial charge in [0.25, 0.3) is 5.91 Å². The number of aromatic nitrogens is 2. The highest BCUT2D eigenvalue weighted by molar-refractivity contribution is 5.98. The molecule has 35 heavy (non-hydrogen) atoms. The Morgan fingerprint density at radius 2 is 2.00 bits per heavy atom. The number of nitrogens with one attached hydrogen (secondary N) is 1. The van der Waals surface area contributed by atoms with Crippen molar-refractivity contribution < 1.29 is 31.9 Å². The molecular weight excluding hydrogens is 467 g/mol. The third-order valence-corrected chi connectivity index (χ3v) is 5.71. The van der Waals surface area contributed by atoms with E-state index >= 15 is 0 Å².